The van der Waals surface area contributed by atoms with Crippen LogP contribution in [-0.4, -0.2) is 48.2 Å². The maximum absolute atomic E-state index is 12.5. The number of aliphatic hydroxyl groups is 1. The predicted octanol–water partition coefficient (Wildman–Crippen LogP) is 5.25. The Morgan fingerprint density at radius 3 is 1.45 bits per heavy atom. The number of rotatable bonds is 14. The lowest BCUT2D eigenvalue weighted by atomic mass is 9.92. The zero-order valence-electron chi connectivity index (χ0n) is 23.4. The van der Waals surface area contributed by atoms with Gasteiger partial charge in [0.2, 0.25) is 0 Å². The molecule has 0 aromatic heterocycles. The third-order valence-electron chi connectivity index (χ3n) is 7.14. The smallest absolute Gasteiger partial charge is 0.253 e. The number of ether oxygens (including phenoxy) is 5. The van der Waals surface area contributed by atoms with E-state index in [-0.39, 0.29) is 26.4 Å². The topological polar surface area (TPSA) is 83.5 Å². The van der Waals surface area contributed by atoms with E-state index in [1.54, 1.807) is 0 Å². The van der Waals surface area contributed by atoms with Crippen molar-refractivity contribution in [3.05, 3.63) is 144 Å². The Hall–Kier alpha value is -3.69. The van der Waals surface area contributed by atoms with Gasteiger partial charge in [0.15, 0.2) is 6.29 Å². The fraction of sp³-hybridized carbons (Fsp3) is 0.286. The van der Waals surface area contributed by atoms with Crippen LogP contribution in [0.15, 0.2) is 121 Å². The SMILES string of the molecule is O=C[C@@]1(O)O[C@H](COCc2ccccc2)[C@H](OCc2ccccc2)[C@H](OCc2ccccc2)[C@H]1OCc1ccccc1. The molecule has 0 aliphatic carbocycles. The molecule has 7 heteroatoms. The summed E-state index contributed by atoms with van der Waals surface area (Å²) in [5, 5.41) is 11.6. The number of hydrogen-bond acceptors (Lipinski definition) is 7. The minimum Gasteiger partial charge on any atom is -0.374 e. The van der Waals surface area contributed by atoms with Crippen LogP contribution < -0.4 is 0 Å². The van der Waals surface area contributed by atoms with E-state index in [4.69, 9.17) is 23.7 Å². The van der Waals surface area contributed by atoms with Crippen LogP contribution in [0.2, 0.25) is 0 Å². The van der Waals surface area contributed by atoms with Crippen molar-refractivity contribution < 1.29 is 33.6 Å². The number of hydrogen-bond donors (Lipinski definition) is 1. The summed E-state index contributed by atoms with van der Waals surface area (Å²) in [4.78, 5) is 12.5. The standard InChI is InChI=1S/C35H36O7/c36-26-35(37)34(41-24-30-19-11-4-12-20-30)33(40-23-29-17-9-3-10-18-29)32(39-22-28-15-7-2-8-16-28)31(42-35)25-38-21-27-13-5-1-6-14-27/h1-20,26,31-34,37H,21-25H2/t31-,32+,33+,34-,35-/m1/s1. The molecule has 7 nitrogen and oxygen atoms in total. The van der Waals surface area contributed by atoms with Crippen LogP contribution in [-0.2, 0) is 54.9 Å². The minimum atomic E-state index is -2.29. The van der Waals surface area contributed by atoms with Crippen molar-refractivity contribution in [1.82, 2.24) is 0 Å². The van der Waals surface area contributed by atoms with Crippen LogP contribution in [0.1, 0.15) is 22.3 Å². The van der Waals surface area contributed by atoms with Crippen molar-refractivity contribution in [3.8, 4) is 0 Å². The quantitative estimate of drug-likeness (QED) is 0.208. The Kier molecular flexibility index (Phi) is 10.6. The Bertz CT molecular complexity index is 1340. The lowest BCUT2D eigenvalue weighted by Gasteiger charge is -2.48. The summed E-state index contributed by atoms with van der Waals surface area (Å²) in [6.45, 7) is 1.00. The van der Waals surface area contributed by atoms with E-state index >= 15 is 0 Å². The molecule has 42 heavy (non-hydrogen) atoms. The fourth-order valence-corrected chi connectivity index (χ4v) is 4.98. The largest absolute Gasteiger partial charge is 0.374 e. The lowest BCUT2D eigenvalue weighted by Crippen LogP contribution is -2.67. The van der Waals surface area contributed by atoms with Gasteiger partial charge in [-0.05, 0) is 22.3 Å². The van der Waals surface area contributed by atoms with E-state index in [1.165, 1.54) is 0 Å². The monoisotopic (exact) mass is 568 g/mol. The Balaban J connectivity index is 1.42. The molecule has 0 amide bonds. The summed E-state index contributed by atoms with van der Waals surface area (Å²) in [7, 11) is 0. The summed E-state index contributed by atoms with van der Waals surface area (Å²) in [6, 6.07) is 38.7. The van der Waals surface area contributed by atoms with Crippen molar-refractivity contribution in [1.29, 1.82) is 0 Å². The molecule has 0 unspecified atom stereocenters. The van der Waals surface area contributed by atoms with Crippen LogP contribution in [0.5, 0.6) is 0 Å². The van der Waals surface area contributed by atoms with Gasteiger partial charge in [0.1, 0.15) is 24.4 Å². The van der Waals surface area contributed by atoms with Gasteiger partial charge < -0.3 is 28.8 Å². The van der Waals surface area contributed by atoms with Crippen LogP contribution in [0.25, 0.3) is 0 Å². The zero-order chi connectivity index (χ0) is 29.0. The van der Waals surface area contributed by atoms with Crippen LogP contribution in [0, 0.1) is 0 Å². The van der Waals surface area contributed by atoms with Crippen molar-refractivity contribution >= 4 is 6.29 Å². The molecule has 0 bridgehead atoms. The highest BCUT2D eigenvalue weighted by molar-refractivity contribution is 5.61. The molecule has 1 aliphatic rings. The molecule has 0 saturated carbocycles. The van der Waals surface area contributed by atoms with Crippen LogP contribution >= 0.6 is 0 Å². The van der Waals surface area contributed by atoms with Gasteiger partial charge in [-0.3, -0.25) is 4.79 Å². The number of aldehydes is 1. The van der Waals surface area contributed by atoms with Gasteiger partial charge in [-0.2, -0.15) is 0 Å². The average molecular weight is 569 g/mol. The maximum atomic E-state index is 12.5. The van der Waals surface area contributed by atoms with Crippen molar-refractivity contribution in [2.45, 2.75) is 56.6 Å². The molecule has 5 atom stereocenters. The van der Waals surface area contributed by atoms with E-state index in [2.05, 4.69) is 0 Å². The molecule has 218 valence electrons. The molecule has 5 rings (SSSR count). The molecule has 1 aliphatic heterocycles. The molecule has 0 radical (unpaired) electrons. The molecule has 1 fully saturated rings. The van der Waals surface area contributed by atoms with E-state index in [1.807, 2.05) is 121 Å². The van der Waals surface area contributed by atoms with Gasteiger partial charge in [-0.25, -0.2) is 0 Å². The molecule has 1 heterocycles. The highest BCUT2D eigenvalue weighted by Crippen LogP contribution is 2.35. The number of benzene rings is 4. The molecular formula is C35H36O7. The van der Waals surface area contributed by atoms with Gasteiger partial charge >= 0.3 is 0 Å². The summed E-state index contributed by atoms with van der Waals surface area (Å²) in [6.07, 6.45) is -3.23. The van der Waals surface area contributed by atoms with Gasteiger partial charge in [-0.1, -0.05) is 121 Å². The van der Waals surface area contributed by atoms with Gasteiger partial charge in [0, 0.05) is 0 Å². The lowest BCUT2D eigenvalue weighted by molar-refractivity contribution is -0.349. The highest BCUT2D eigenvalue weighted by atomic mass is 16.7. The van der Waals surface area contributed by atoms with E-state index < -0.39 is 30.2 Å². The van der Waals surface area contributed by atoms with E-state index in [9.17, 15) is 9.90 Å². The zero-order valence-corrected chi connectivity index (χ0v) is 23.4. The summed E-state index contributed by atoms with van der Waals surface area (Å²) in [5.74, 6) is -2.29. The molecular weight excluding hydrogens is 532 g/mol. The first-order valence-corrected chi connectivity index (χ1v) is 14.1. The Morgan fingerprint density at radius 1 is 0.595 bits per heavy atom. The third-order valence-corrected chi connectivity index (χ3v) is 7.14. The van der Waals surface area contributed by atoms with E-state index in [0.29, 0.717) is 12.9 Å². The fourth-order valence-electron chi connectivity index (χ4n) is 4.98. The first kappa shape index (κ1) is 29.8. The summed E-state index contributed by atoms with van der Waals surface area (Å²) < 4.78 is 31.3. The Morgan fingerprint density at radius 2 is 1.00 bits per heavy atom. The molecule has 4 aromatic carbocycles. The van der Waals surface area contributed by atoms with Crippen LogP contribution in [0.3, 0.4) is 0 Å². The van der Waals surface area contributed by atoms with Gasteiger partial charge in [0.05, 0.1) is 33.0 Å². The molecule has 4 aromatic rings. The van der Waals surface area contributed by atoms with Crippen molar-refractivity contribution in [2.24, 2.45) is 0 Å². The predicted molar refractivity (Wildman–Crippen MR) is 157 cm³/mol. The second-order valence-corrected chi connectivity index (χ2v) is 10.3. The maximum Gasteiger partial charge on any atom is 0.253 e. The second-order valence-electron chi connectivity index (χ2n) is 10.3. The normalized spacial score (nSPS) is 23.8. The van der Waals surface area contributed by atoms with E-state index in [0.717, 1.165) is 22.3 Å². The molecule has 0 spiro atoms. The first-order chi connectivity index (χ1) is 20.6. The van der Waals surface area contributed by atoms with Crippen molar-refractivity contribution in [2.75, 3.05) is 6.61 Å². The number of carbonyl (C=O) groups is 1. The molecule has 1 N–H and O–H groups in total. The first-order valence-electron chi connectivity index (χ1n) is 14.1. The van der Waals surface area contributed by atoms with Crippen molar-refractivity contribution in [3.63, 3.8) is 0 Å². The van der Waals surface area contributed by atoms with Gasteiger partial charge in [-0.15, -0.1) is 0 Å². The minimum absolute atomic E-state index is 0.0566. The Labute approximate surface area is 246 Å². The third kappa shape index (κ3) is 7.98. The average Bonchev–Trinajstić information content (AvgIpc) is 3.05. The number of carbonyl (C=O) groups excluding carboxylic acids is 1. The molecule has 1 saturated heterocycles. The summed E-state index contributed by atoms with van der Waals surface area (Å²) >= 11 is 0. The second kappa shape index (κ2) is 15.0. The summed E-state index contributed by atoms with van der Waals surface area (Å²) in [5.41, 5.74) is 3.75. The van der Waals surface area contributed by atoms with Crippen LogP contribution in [0.4, 0.5) is 0 Å². The highest BCUT2D eigenvalue weighted by Gasteiger charge is 2.56. The van der Waals surface area contributed by atoms with Gasteiger partial charge in [0.25, 0.3) is 5.79 Å².